The van der Waals surface area contributed by atoms with Crippen molar-refractivity contribution in [1.29, 1.82) is 0 Å². The maximum absolute atomic E-state index is 13.0. The number of hydrogen-bond acceptors (Lipinski definition) is 5. The predicted octanol–water partition coefficient (Wildman–Crippen LogP) is 3.98. The van der Waals surface area contributed by atoms with Gasteiger partial charge in [0.1, 0.15) is 0 Å². The number of benzene rings is 2. The Morgan fingerprint density at radius 2 is 1.78 bits per heavy atom. The number of amides is 1. The van der Waals surface area contributed by atoms with Crippen LogP contribution in [0, 0.1) is 0 Å². The first-order valence-corrected chi connectivity index (χ1v) is 12.6. The van der Waals surface area contributed by atoms with E-state index in [1.54, 1.807) is 25.3 Å². The van der Waals surface area contributed by atoms with Crippen molar-refractivity contribution < 1.29 is 22.7 Å². The maximum atomic E-state index is 13.0. The van der Waals surface area contributed by atoms with Crippen LogP contribution in [0.3, 0.4) is 0 Å². The van der Waals surface area contributed by atoms with Crippen LogP contribution < -0.4 is 14.8 Å². The summed E-state index contributed by atoms with van der Waals surface area (Å²) in [6.45, 7) is 3.97. The molecular formula is C24H32N2O5S. The number of nitrogens with zero attached hydrogens (tertiary/aromatic N) is 1. The van der Waals surface area contributed by atoms with Gasteiger partial charge in [-0.2, -0.15) is 4.31 Å². The quantitative estimate of drug-likeness (QED) is 0.612. The van der Waals surface area contributed by atoms with Crippen LogP contribution >= 0.6 is 0 Å². The zero-order valence-electron chi connectivity index (χ0n) is 18.8. The standard InChI is InChI=1S/C24H32N2O5S/c1-3-15-31-22-12-11-19(16-23(22)30-2)18-25-24(27)20-9-8-10-21(17-20)32(28,29)26-13-6-4-5-7-14-26/h8-12,16-17H,3-7,13-15,18H2,1-2H3,(H,25,27). The van der Waals surface area contributed by atoms with E-state index in [9.17, 15) is 13.2 Å². The van der Waals surface area contributed by atoms with Crippen molar-refractivity contribution >= 4 is 15.9 Å². The molecule has 0 aromatic heterocycles. The number of carbonyl (C=O) groups is 1. The van der Waals surface area contributed by atoms with Gasteiger partial charge in [0.05, 0.1) is 18.6 Å². The molecule has 0 bridgehead atoms. The molecule has 0 spiro atoms. The fourth-order valence-corrected chi connectivity index (χ4v) is 5.23. The van der Waals surface area contributed by atoms with Crippen molar-refractivity contribution in [3.8, 4) is 11.5 Å². The first-order chi connectivity index (χ1) is 15.5. The first kappa shape index (κ1) is 24.1. The topological polar surface area (TPSA) is 84.9 Å². The molecule has 1 saturated heterocycles. The Morgan fingerprint density at radius 3 is 2.47 bits per heavy atom. The lowest BCUT2D eigenvalue weighted by Gasteiger charge is -2.20. The van der Waals surface area contributed by atoms with Crippen molar-refractivity contribution in [2.75, 3.05) is 26.8 Å². The van der Waals surface area contributed by atoms with Crippen molar-refractivity contribution in [2.45, 2.75) is 50.5 Å². The summed E-state index contributed by atoms with van der Waals surface area (Å²) in [6, 6.07) is 11.8. The van der Waals surface area contributed by atoms with E-state index in [2.05, 4.69) is 5.32 Å². The predicted molar refractivity (Wildman–Crippen MR) is 124 cm³/mol. The number of hydrogen-bond donors (Lipinski definition) is 1. The fourth-order valence-electron chi connectivity index (χ4n) is 3.67. The van der Waals surface area contributed by atoms with E-state index in [0.29, 0.717) is 36.8 Å². The van der Waals surface area contributed by atoms with Crippen LogP contribution in [0.5, 0.6) is 11.5 Å². The molecular weight excluding hydrogens is 428 g/mol. The Kier molecular flexibility index (Phi) is 8.53. The van der Waals surface area contributed by atoms with Crippen LogP contribution in [-0.2, 0) is 16.6 Å². The van der Waals surface area contributed by atoms with Crippen molar-refractivity contribution in [3.63, 3.8) is 0 Å². The Morgan fingerprint density at radius 1 is 1.03 bits per heavy atom. The molecule has 1 heterocycles. The molecule has 3 rings (SSSR count). The number of methoxy groups -OCH3 is 1. The highest BCUT2D eigenvalue weighted by atomic mass is 32.2. The lowest BCUT2D eigenvalue weighted by Crippen LogP contribution is -2.32. The Labute approximate surface area is 190 Å². The van der Waals surface area contributed by atoms with E-state index in [1.807, 2.05) is 25.1 Å². The minimum atomic E-state index is -3.61. The third-order valence-electron chi connectivity index (χ3n) is 5.44. The molecule has 8 heteroatoms. The molecule has 32 heavy (non-hydrogen) atoms. The zero-order chi connectivity index (χ0) is 23.0. The van der Waals surface area contributed by atoms with Gasteiger partial charge < -0.3 is 14.8 Å². The molecule has 0 aliphatic carbocycles. The van der Waals surface area contributed by atoms with Crippen LogP contribution in [0.15, 0.2) is 47.4 Å². The molecule has 2 aromatic carbocycles. The summed E-state index contributed by atoms with van der Waals surface area (Å²) in [5.41, 5.74) is 1.17. The summed E-state index contributed by atoms with van der Waals surface area (Å²) in [7, 11) is -2.03. The second-order valence-electron chi connectivity index (χ2n) is 7.86. The average Bonchev–Trinajstić information content (AvgIpc) is 3.11. The lowest BCUT2D eigenvalue weighted by molar-refractivity contribution is 0.0950. The summed E-state index contributed by atoms with van der Waals surface area (Å²) in [5.74, 6) is 0.940. The summed E-state index contributed by atoms with van der Waals surface area (Å²) in [4.78, 5) is 12.9. The largest absolute Gasteiger partial charge is 0.493 e. The Hall–Kier alpha value is -2.58. The van der Waals surface area contributed by atoms with Gasteiger partial charge in [-0.3, -0.25) is 4.79 Å². The van der Waals surface area contributed by atoms with Gasteiger partial charge in [-0.25, -0.2) is 8.42 Å². The molecule has 1 aliphatic heterocycles. The van der Waals surface area contributed by atoms with Gasteiger partial charge in [0.2, 0.25) is 10.0 Å². The monoisotopic (exact) mass is 460 g/mol. The second kappa shape index (κ2) is 11.3. The molecule has 0 radical (unpaired) electrons. The molecule has 2 aromatic rings. The van der Waals surface area contributed by atoms with Crippen LogP contribution in [0.25, 0.3) is 0 Å². The molecule has 1 N–H and O–H groups in total. The number of ether oxygens (including phenoxy) is 2. The molecule has 0 unspecified atom stereocenters. The number of rotatable bonds is 9. The number of sulfonamides is 1. The third kappa shape index (κ3) is 6.01. The number of carbonyl (C=O) groups excluding carboxylic acids is 1. The molecule has 0 saturated carbocycles. The van der Waals surface area contributed by atoms with Crippen molar-refractivity contribution in [2.24, 2.45) is 0 Å². The summed E-state index contributed by atoms with van der Waals surface area (Å²) >= 11 is 0. The second-order valence-corrected chi connectivity index (χ2v) is 9.80. The first-order valence-electron chi connectivity index (χ1n) is 11.1. The molecule has 0 atom stereocenters. The summed E-state index contributed by atoms with van der Waals surface area (Å²) < 4.78 is 38.7. The lowest BCUT2D eigenvalue weighted by atomic mass is 10.1. The Balaban J connectivity index is 1.68. The molecule has 1 amide bonds. The van der Waals surface area contributed by atoms with E-state index in [4.69, 9.17) is 9.47 Å². The van der Waals surface area contributed by atoms with E-state index in [0.717, 1.165) is 37.7 Å². The minimum absolute atomic E-state index is 0.158. The molecule has 1 fully saturated rings. The fraction of sp³-hybridized carbons (Fsp3) is 0.458. The highest BCUT2D eigenvalue weighted by molar-refractivity contribution is 7.89. The maximum Gasteiger partial charge on any atom is 0.251 e. The number of nitrogens with one attached hydrogen (secondary N) is 1. The van der Waals surface area contributed by atoms with E-state index >= 15 is 0 Å². The van der Waals surface area contributed by atoms with Crippen LogP contribution in [0.4, 0.5) is 0 Å². The van der Waals surface area contributed by atoms with Gasteiger partial charge >= 0.3 is 0 Å². The van der Waals surface area contributed by atoms with Gasteiger partial charge in [0.25, 0.3) is 5.91 Å². The normalized spacial score (nSPS) is 15.1. The molecule has 1 aliphatic rings. The minimum Gasteiger partial charge on any atom is -0.493 e. The van der Waals surface area contributed by atoms with E-state index in [1.165, 1.54) is 10.4 Å². The summed E-state index contributed by atoms with van der Waals surface area (Å²) in [5, 5.41) is 2.85. The van der Waals surface area contributed by atoms with Crippen molar-refractivity contribution in [1.82, 2.24) is 9.62 Å². The van der Waals surface area contributed by atoms with E-state index in [-0.39, 0.29) is 17.3 Å². The van der Waals surface area contributed by atoms with Crippen LogP contribution in [0.1, 0.15) is 54.9 Å². The molecule has 174 valence electrons. The highest BCUT2D eigenvalue weighted by Gasteiger charge is 2.25. The zero-order valence-corrected chi connectivity index (χ0v) is 19.6. The summed E-state index contributed by atoms with van der Waals surface area (Å²) in [6.07, 6.45) is 4.72. The van der Waals surface area contributed by atoms with Gasteiger partial charge in [-0.05, 0) is 55.2 Å². The smallest absolute Gasteiger partial charge is 0.251 e. The average molecular weight is 461 g/mol. The van der Waals surface area contributed by atoms with Gasteiger partial charge in [-0.15, -0.1) is 0 Å². The van der Waals surface area contributed by atoms with E-state index < -0.39 is 10.0 Å². The van der Waals surface area contributed by atoms with Gasteiger partial charge in [0.15, 0.2) is 11.5 Å². The Bertz CT molecular complexity index is 1010. The third-order valence-corrected chi connectivity index (χ3v) is 7.34. The SMILES string of the molecule is CCCOc1ccc(CNC(=O)c2cccc(S(=O)(=O)N3CCCCCC3)c2)cc1OC. The van der Waals surface area contributed by atoms with Crippen LogP contribution in [0.2, 0.25) is 0 Å². The molecule has 7 nitrogen and oxygen atoms in total. The van der Waals surface area contributed by atoms with Crippen molar-refractivity contribution in [3.05, 3.63) is 53.6 Å². The highest BCUT2D eigenvalue weighted by Crippen LogP contribution is 2.28. The van der Waals surface area contributed by atoms with Gasteiger partial charge in [0, 0.05) is 25.2 Å². The van der Waals surface area contributed by atoms with Gasteiger partial charge in [-0.1, -0.05) is 31.9 Å². The van der Waals surface area contributed by atoms with Crippen LogP contribution in [-0.4, -0.2) is 45.4 Å².